The average Bonchev–Trinajstić information content (AvgIpc) is 2.38. The second-order valence-corrected chi connectivity index (χ2v) is 8.02. The van der Waals surface area contributed by atoms with Crippen LogP contribution in [0.3, 0.4) is 0 Å². The van der Waals surface area contributed by atoms with Gasteiger partial charge in [0.2, 0.25) is 5.91 Å². The summed E-state index contributed by atoms with van der Waals surface area (Å²) in [6, 6.07) is 4.97. The largest absolute Gasteiger partial charge is 0.462 e. The summed E-state index contributed by atoms with van der Waals surface area (Å²) < 4.78 is 5.63. The molecule has 6 heteroatoms. The molecule has 0 saturated carbocycles. The van der Waals surface area contributed by atoms with Crippen LogP contribution >= 0.6 is 27.7 Å². The molecule has 0 unspecified atom stereocenters. The lowest BCUT2D eigenvalue weighted by Crippen LogP contribution is -2.19. The van der Waals surface area contributed by atoms with Crippen molar-refractivity contribution in [1.82, 2.24) is 0 Å². The Hall–Kier alpha value is -1.01. The molecular weight excluding hydrogens is 354 g/mol. The third kappa shape index (κ3) is 6.52. The van der Waals surface area contributed by atoms with Gasteiger partial charge in [-0.05, 0) is 41.1 Å². The minimum Gasteiger partial charge on any atom is -0.462 e. The van der Waals surface area contributed by atoms with E-state index in [-0.39, 0.29) is 16.6 Å². The molecule has 0 saturated heterocycles. The van der Waals surface area contributed by atoms with Gasteiger partial charge in [0.25, 0.3) is 0 Å². The summed E-state index contributed by atoms with van der Waals surface area (Å²) >= 11 is 4.94. The summed E-state index contributed by atoms with van der Waals surface area (Å²) in [5, 5.41) is 2.82. The van der Waals surface area contributed by atoms with Crippen molar-refractivity contribution in [2.24, 2.45) is 0 Å². The number of ether oxygens (including phenoxy) is 1. The fourth-order valence-corrected chi connectivity index (χ4v) is 2.54. The van der Waals surface area contributed by atoms with Crippen LogP contribution in [0.25, 0.3) is 0 Å². The van der Waals surface area contributed by atoms with E-state index in [4.69, 9.17) is 4.74 Å². The molecule has 1 N–H and O–H groups in total. The molecule has 1 amide bonds. The van der Waals surface area contributed by atoms with Gasteiger partial charge >= 0.3 is 5.97 Å². The number of thioether (sulfide) groups is 1. The average molecular weight is 374 g/mol. The monoisotopic (exact) mass is 373 g/mol. The van der Waals surface area contributed by atoms with Crippen molar-refractivity contribution >= 4 is 45.3 Å². The Bertz CT molecular complexity index is 526. The number of carbonyl (C=O) groups excluding carboxylic acids is 2. The summed E-state index contributed by atoms with van der Waals surface area (Å²) in [6.45, 7) is 8.28. The van der Waals surface area contributed by atoms with Crippen molar-refractivity contribution in [3.8, 4) is 0 Å². The minimum absolute atomic E-state index is 0.0440. The van der Waals surface area contributed by atoms with E-state index in [2.05, 4.69) is 42.0 Å². The lowest BCUT2D eigenvalue weighted by molar-refractivity contribution is -0.113. The second-order valence-electron chi connectivity index (χ2n) is 5.36. The van der Waals surface area contributed by atoms with Crippen LogP contribution in [0, 0.1) is 0 Å². The highest BCUT2D eigenvalue weighted by Gasteiger charge is 2.15. The van der Waals surface area contributed by atoms with Crippen molar-refractivity contribution in [3.05, 3.63) is 28.2 Å². The number of amides is 1. The molecule has 0 aliphatic carbocycles. The number of rotatable bonds is 5. The number of halogens is 1. The van der Waals surface area contributed by atoms with Crippen LogP contribution in [0.15, 0.2) is 22.7 Å². The third-order valence-electron chi connectivity index (χ3n) is 2.39. The Kier molecular flexibility index (Phi) is 6.74. The maximum Gasteiger partial charge on any atom is 0.338 e. The molecule has 0 atom stereocenters. The van der Waals surface area contributed by atoms with E-state index in [1.165, 1.54) is 0 Å². The van der Waals surface area contributed by atoms with Gasteiger partial charge in [-0.1, -0.05) is 20.8 Å². The van der Waals surface area contributed by atoms with Crippen LogP contribution < -0.4 is 5.32 Å². The molecule has 0 radical (unpaired) electrons. The van der Waals surface area contributed by atoms with E-state index >= 15 is 0 Å². The first-order valence-corrected chi connectivity index (χ1v) is 8.41. The first-order chi connectivity index (χ1) is 9.73. The first-order valence-electron chi connectivity index (χ1n) is 6.63. The van der Waals surface area contributed by atoms with Crippen molar-refractivity contribution in [3.63, 3.8) is 0 Å². The van der Waals surface area contributed by atoms with Crippen LogP contribution in [-0.4, -0.2) is 29.0 Å². The van der Waals surface area contributed by atoms with Gasteiger partial charge in [-0.25, -0.2) is 4.79 Å². The summed E-state index contributed by atoms with van der Waals surface area (Å²) in [5.41, 5.74) is 1.09. The van der Waals surface area contributed by atoms with Crippen LogP contribution in [0.4, 0.5) is 5.69 Å². The molecule has 1 aromatic carbocycles. The van der Waals surface area contributed by atoms with Crippen molar-refractivity contribution in [1.29, 1.82) is 0 Å². The standard InChI is InChI=1S/C15H20BrNO3S/c1-5-20-14(19)10-6-7-12(11(16)8-10)17-13(18)9-21-15(2,3)4/h6-8H,5,9H2,1-4H3,(H,17,18). The molecule has 0 aliphatic heterocycles. The molecule has 0 fully saturated rings. The highest BCUT2D eigenvalue weighted by molar-refractivity contribution is 9.10. The number of nitrogens with one attached hydrogen (secondary N) is 1. The zero-order chi connectivity index (χ0) is 16.0. The molecule has 116 valence electrons. The Balaban J connectivity index is 2.68. The summed E-state index contributed by atoms with van der Waals surface area (Å²) in [5.74, 6) is -0.0610. The molecule has 21 heavy (non-hydrogen) atoms. The number of carbonyl (C=O) groups is 2. The van der Waals surface area contributed by atoms with E-state index < -0.39 is 0 Å². The lowest BCUT2D eigenvalue weighted by Gasteiger charge is -2.17. The number of anilines is 1. The van der Waals surface area contributed by atoms with Crippen molar-refractivity contribution in [2.75, 3.05) is 17.7 Å². The van der Waals surface area contributed by atoms with Gasteiger partial charge in [0.1, 0.15) is 0 Å². The zero-order valence-electron chi connectivity index (χ0n) is 12.7. The van der Waals surface area contributed by atoms with Crippen molar-refractivity contribution in [2.45, 2.75) is 32.4 Å². The number of esters is 1. The predicted molar refractivity (Wildman–Crippen MR) is 90.9 cm³/mol. The molecule has 0 heterocycles. The van der Waals surface area contributed by atoms with Gasteiger partial charge in [-0.2, -0.15) is 0 Å². The summed E-state index contributed by atoms with van der Waals surface area (Å²) in [7, 11) is 0. The van der Waals surface area contributed by atoms with Gasteiger partial charge in [0, 0.05) is 9.22 Å². The molecule has 1 aromatic rings. The second kappa shape index (κ2) is 7.84. The van der Waals surface area contributed by atoms with Gasteiger partial charge in [-0.15, -0.1) is 11.8 Å². The first kappa shape index (κ1) is 18.0. The third-order valence-corrected chi connectivity index (χ3v) is 4.32. The van der Waals surface area contributed by atoms with Crippen LogP contribution in [0.2, 0.25) is 0 Å². The topological polar surface area (TPSA) is 55.4 Å². The predicted octanol–water partition coefficient (Wildman–Crippen LogP) is 4.10. The fourth-order valence-electron chi connectivity index (χ4n) is 1.43. The van der Waals surface area contributed by atoms with Gasteiger partial charge in [0.05, 0.1) is 23.6 Å². The number of hydrogen-bond donors (Lipinski definition) is 1. The Labute approximate surface area is 138 Å². The van der Waals surface area contributed by atoms with Crippen LogP contribution in [-0.2, 0) is 9.53 Å². The molecular formula is C15H20BrNO3S. The van der Waals surface area contributed by atoms with Gasteiger partial charge in [0.15, 0.2) is 0 Å². The van der Waals surface area contributed by atoms with Crippen LogP contribution in [0.5, 0.6) is 0 Å². The molecule has 0 bridgehead atoms. The van der Waals surface area contributed by atoms with Gasteiger partial charge in [-0.3, -0.25) is 4.79 Å². The van der Waals surface area contributed by atoms with Gasteiger partial charge < -0.3 is 10.1 Å². The van der Waals surface area contributed by atoms with E-state index in [0.29, 0.717) is 28.1 Å². The molecule has 0 spiro atoms. The maximum absolute atomic E-state index is 11.9. The highest BCUT2D eigenvalue weighted by atomic mass is 79.9. The summed E-state index contributed by atoms with van der Waals surface area (Å²) in [4.78, 5) is 23.5. The van der Waals surface area contributed by atoms with E-state index in [1.807, 2.05) is 0 Å². The lowest BCUT2D eigenvalue weighted by atomic mass is 10.2. The Morgan fingerprint density at radius 3 is 2.52 bits per heavy atom. The molecule has 0 aliphatic rings. The van der Waals surface area contributed by atoms with Crippen LogP contribution in [0.1, 0.15) is 38.1 Å². The fraction of sp³-hybridized carbons (Fsp3) is 0.467. The Morgan fingerprint density at radius 2 is 2.00 bits per heavy atom. The molecule has 4 nitrogen and oxygen atoms in total. The highest BCUT2D eigenvalue weighted by Crippen LogP contribution is 2.26. The van der Waals surface area contributed by atoms with E-state index in [1.54, 1.807) is 36.9 Å². The normalized spacial score (nSPS) is 11.1. The summed E-state index contributed by atoms with van der Waals surface area (Å²) in [6.07, 6.45) is 0. The smallest absolute Gasteiger partial charge is 0.338 e. The number of benzene rings is 1. The SMILES string of the molecule is CCOC(=O)c1ccc(NC(=O)CSC(C)(C)C)c(Br)c1. The molecule has 1 rings (SSSR count). The number of hydrogen-bond acceptors (Lipinski definition) is 4. The Morgan fingerprint density at radius 1 is 1.33 bits per heavy atom. The maximum atomic E-state index is 11.9. The minimum atomic E-state index is -0.376. The molecule has 0 aromatic heterocycles. The van der Waals surface area contributed by atoms with E-state index in [9.17, 15) is 9.59 Å². The zero-order valence-corrected chi connectivity index (χ0v) is 15.1. The van der Waals surface area contributed by atoms with E-state index in [0.717, 1.165) is 0 Å². The quantitative estimate of drug-likeness (QED) is 0.789. The van der Waals surface area contributed by atoms with Crippen molar-refractivity contribution < 1.29 is 14.3 Å².